The number of benzene rings is 1. The summed E-state index contributed by atoms with van der Waals surface area (Å²) in [5, 5.41) is 8.14. The molecule has 2 aliphatic rings. The highest BCUT2D eigenvalue weighted by atomic mass is 16.5. The quantitative estimate of drug-likeness (QED) is 0.881. The van der Waals surface area contributed by atoms with E-state index in [2.05, 4.69) is 17.1 Å². The molecule has 1 aromatic rings. The number of methoxy groups -OCH3 is 1. The van der Waals surface area contributed by atoms with Gasteiger partial charge in [0.1, 0.15) is 23.4 Å². The van der Waals surface area contributed by atoms with E-state index >= 15 is 0 Å². The van der Waals surface area contributed by atoms with Gasteiger partial charge >= 0.3 is 0 Å². The molecule has 0 fully saturated rings. The molecule has 1 atom stereocenters. The van der Waals surface area contributed by atoms with Gasteiger partial charge in [-0.15, -0.1) is 5.10 Å². The predicted octanol–water partition coefficient (Wildman–Crippen LogP) is 1.87. The monoisotopic (exact) mass is 259 g/mol. The van der Waals surface area contributed by atoms with Crippen molar-refractivity contribution in [3.05, 3.63) is 23.3 Å². The lowest BCUT2D eigenvalue weighted by molar-refractivity contribution is 0.254. The molecule has 0 radical (unpaired) electrons. The Morgan fingerprint density at radius 2 is 2.16 bits per heavy atom. The molecule has 5 nitrogen and oxygen atoms in total. The van der Waals surface area contributed by atoms with Gasteiger partial charge in [-0.2, -0.15) is 5.10 Å². The van der Waals surface area contributed by atoms with E-state index in [0.717, 1.165) is 42.0 Å². The maximum atomic E-state index is 5.79. The molecular weight excluding hydrogens is 242 g/mol. The number of ether oxygens (including phenoxy) is 2. The van der Waals surface area contributed by atoms with Crippen molar-refractivity contribution in [2.45, 2.75) is 32.3 Å². The van der Waals surface area contributed by atoms with Crippen LogP contribution in [0.2, 0.25) is 0 Å². The maximum Gasteiger partial charge on any atom is 0.128 e. The van der Waals surface area contributed by atoms with Gasteiger partial charge in [-0.05, 0) is 25.5 Å². The average molecular weight is 259 g/mol. The minimum absolute atomic E-state index is 0.219. The summed E-state index contributed by atoms with van der Waals surface area (Å²) in [6.45, 7) is 2.06. The van der Waals surface area contributed by atoms with Crippen molar-refractivity contribution in [2.75, 3.05) is 7.11 Å². The van der Waals surface area contributed by atoms with Crippen LogP contribution in [0.4, 0.5) is 0 Å². The zero-order valence-electron chi connectivity index (χ0n) is 11.1. The summed E-state index contributed by atoms with van der Waals surface area (Å²) in [6, 6.07) is 4.05. The van der Waals surface area contributed by atoms with Crippen LogP contribution < -0.4 is 15.2 Å². The summed E-state index contributed by atoms with van der Waals surface area (Å²) in [5.74, 6) is 2.33. The molecule has 2 N–H and O–H groups in total. The third-order valence-corrected chi connectivity index (χ3v) is 3.45. The van der Waals surface area contributed by atoms with Gasteiger partial charge in [0.25, 0.3) is 0 Å². The van der Waals surface area contributed by atoms with E-state index in [1.807, 2.05) is 12.1 Å². The van der Waals surface area contributed by atoms with Crippen molar-refractivity contribution in [3.63, 3.8) is 0 Å². The lowest BCUT2D eigenvalue weighted by atomic mass is 10.00. The highest BCUT2D eigenvalue weighted by Gasteiger charge is 2.24. The highest BCUT2D eigenvalue weighted by molar-refractivity contribution is 6.06. The number of rotatable bonds is 2. The van der Waals surface area contributed by atoms with Crippen molar-refractivity contribution >= 4 is 11.5 Å². The second-order valence-corrected chi connectivity index (χ2v) is 4.93. The fourth-order valence-corrected chi connectivity index (χ4v) is 2.49. The maximum absolute atomic E-state index is 5.79. The molecule has 0 bridgehead atoms. The smallest absolute Gasteiger partial charge is 0.128 e. The first kappa shape index (κ1) is 12.0. The van der Waals surface area contributed by atoms with Crippen molar-refractivity contribution in [3.8, 4) is 11.5 Å². The molecule has 0 saturated heterocycles. The van der Waals surface area contributed by atoms with Crippen molar-refractivity contribution in [1.82, 2.24) is 0 Å². The molecule has 2 heterocycles. The van der Waals surface area contributed by atoms with Gasteiger partial charge in [0.05, 0.1) is 12.8 Å². The Bertz CT molecular complexity index is 578. The summed E-state index contributed by atoms with van der Waals surface area (Å²) in [4.78, 5) is 0. The molecular formula is C14H17N3O2. The standard InChI is InChI=1S/C14H17N3O2/c1-8-5-9-6-13(18-2)10(7-12(9)19-8)11-3-4-14(15)17-16-11/h6-8H,3-5H2,1-2H3,(H2,15,17). The zero-order chi connectivity index (χ0) is 13.4. The molecule has 2 aliphatic heterocycles. The van der Waals surface area contributed by atoms with Crippen LogP contribution in [-0.2, 0) is 6.42 Å². The summed E-state index contributed by atoms with van der Waals surface area (Å²) in [6.07, 6.45) is 2.65. The molecule has 3 rings (SSSR count). The van der Waals surface area contributed by atoms with E-state index in [0.29, 0.717) is 5.84 Å². The van der Waals surface area contributed by atoms with Gasteiger partial charge in [-0.25, -0.2) is 0 Å². The number of nitrogens with zero attached hydrogens (tertiary/aromatic N) is 2. The Kier molecular flexibility index (Phi) is 2.89. The van der Waals surface area contributed by atoms with Crippen LogP contribution in [0.3, 0.4) is 0 Å². The second kappa shape index (κ2) is 4.57. The Morgan fingerprint density at radius 3 is 2.84 bits per heavy atom. The molecule has 0 aromatic heterocycles. The van der Waals surface area contributed by atoms with Crippen LogP contribution in [0, 0.1) is 0 Å². The molecule has 5 heteroatoms. The number of amidine groups is 1. The molecule has 0 aliphatic carbocycles. The Labute approximate surface area is 112 Å². The first-order valence-corrected chi connectivity index (χ1v) is 6.44. The van der Waals surface area contributed by atoms with E-state index in [-0.39, 0.29) is 6.10 Å². The van der Waals surface area contributed by atoms with Gasteiger partial charge in [0, 0.05) is 24.0 Å². The normalized spacial score (nSPS) is 21.3. The van der Waals surface area contributed by atoms with Crippen LogP contribution in [0.15, 0.2) is 22.3 Å². The predicted molar refractivity (Wildman–Crippen MR) is 74.2 cm³/mol. The van der Waals surface area contributed by atoms with Crippen LogP contribution in [0.1, 0.15) is 30.9 Å². The summed E-state index contributed by atoms with van der Waals surface area (Å²) in [7, 11) is 1.67. The Morgan fingerprint density at radius 1 is 1.32 bits per heavy atom. The van der Waals surface area contributed by atoms with Gasteiger partial charge in [-0.3, -0.25) is 0 Å². The van der Waals surface area contributed by atoms with Crippen LogP contribution >= 0.6 is 0 Å². The number of nitrogens with two attached hydrogens (primary N) is 1. The number of fused-ring (bicyclic) bond motifs is 1. The minimum Gasteiger partial charge on any atom is -0.496 e. The highest BCUT2D eigenvalue weighted by Crippen LogP contribution is 2.36. The third kappa shape index (κ3) is 2.16. The SMILES string of the molecule is COc1cc2c(cc1C1=NN=C(N)CC1)OC(C)C2. The summed E-state index contributed by atoms with van der Waals surface area (Å²) < 4.78 is 11.3. The van der Waals surface area contributed by atoms with Crippen LogP contribution in [0.25, 0.3) is 0 Å². The lowest BCUT2D eigenvalue weighted by Crippen LogP contribution is -2.18. The van der Waals surface area contributed by atoms with Crippen molar-refractivity contribution in [1.29, 1.82) is 0 Å². The van der Waals surface area contributed by atoms with E-state index in [1.54, 1.807) is 7.11 Å². The van der Waals surface area contributed by atoms with E-state index in [9.17, 15) is 0 Å². The molecule has 0 spiro atoms. The molecule has 1 aromatic carbocycles. The van der Waals surface area contributed by atoms with Crippen LogP contribution in [0.5, 0.6) is 11.5 Å². The first-order valence-electron chi connectivity index (χ1n) is 6.44. The van der Waals surface area contributed by atoms with Gasteiger partial charge in [0.15, 0.2) is 0 Å². The minimum atomic E-state index is 0.219. The average Bonchev–Trinajstić information content (AvgIpc) is 2.77. The summed E-state index contributed by atoms with van der Waals surface area (Å²) >= 11 is 0. The molecule has 0 amide bonds. The van der Waals surface area contributed by atoms with E-state index in [4.69, 9.17) is 15.2 Å². The zero-order valence-corrected chi connectivity index (χ0v) is 11.1. The molecule has 100 valence electrons. The van der Waals surface area contributed by atoms with E-state index in [1.165, 1.54) is 5.56 Å². The topological polar surface area (TPSA) is 69.2 Å². The molecule has 1 unspecified atom stereocenters. The largest absolute Gasteiger partial charge is 0.496 e. The van der Waals surface area contributed by atoms with Gasteiger partial charge in [-0.1, -0.05) is 0 Å². The molecule has 19 heavy (non-hydrogen) atoms. The third-order valence-electron chi connectivity index (χ3n) is 3.45. The lowest BCUT2D eigenvalue weighted by Gasteiger charge is -2.14. The summed E-state index contributed by atoms with van der Waals surface area (Å²) in [5.41, 5.74) is 8.68. The number of hydrogen-bond donors (Lipinski definition) is 1. The van der Waals surface area contributed by atoms with Crippen LogP contribution in [-0.4, -0.2) is 24.8 Å². The number of hydrogen-bond acceptors (Lipinski definition) is 5. The molecule has 0 saturated carbocycles. The Balaban J connectivity index is 2.04. The van der Waals surface area contributed by atoms with Gasteiger partial charge < -0.3 is 15.2 Å². The van der Waals surface area contributed by atoms with E-state index < -0.39 is 0 Å². The Hall–Kier alpha value is -2.04. The van der Waals surface area contributed by atoms with Crippen molar-refractivity contribution < 1.29 is 9.47 Å². The fraction of sp³-hybridized carbons (Fsp3) is 0.429. The first-order chi connectivity index (χ1) is 9.17. The second-order valence-electron chi connectivity index (χ2n) is 4.93. The van der Waals surface area contributed by atoms with Gasteiger partial charge in [0.2, 0.25) is 0 Å². The van der Waals surface area contributed by atoms with Crippen molar-refractivity contribution in [2.24, 2.45) is 15.9 Å². The fourth-order valence-electron chi connectivity index (χ4n) is 2.49.